The van der Waals surface area contributed by atoms with Gasteiger partial charge in [-0.15, -0.1) is 0 Å². The molecular formula is C10H13N3O2. The van der Waals surface area contributed by atoms with Crippen molar-refractivity contribution >= 4 is 0 Å². The molecule has 2 aromatic heterocycles. The summed E-state index contributed by atoms with van der Waals surface area (Å²) in [6.45, 7) is 2.02. The highest BCUT2D eigenvalue weighted by atomic mass is 16.3. The number of aliphatic hydroxyl groups excluding tert-OH is 1. The Morgan fingerprint density at radius 3 is 3.07 bits per heavy atom. The fourth-order valence-corrected chi connectivity index (χ4v) is 1.41. The highest BCUT2D eigenvalue weighted by molar-refractivity contribution is 5.55. The smallest absolute Gasteiger partial charge is 0.154 e. The quantitative estimate of drug-likeness (QED) is 0.699. The van der Waals surface area contributed by atoms with Crippen molar-refractivity contribution in [1.29, 1.82) is 0 Å². The van der Waals surface area contributed by atoms with E-state index in [0.29, 0.717) is 17.3 Å². The summed E-state index contributed by atoms with van der Waals surface area (Å²) < 4.78 is 5.23. The van der Waals surface area contributed by atoms with Crippen LogP contribution in [0, 0.1) is 6.92 Å². The minimum Gasteiger partial charge on any atom is -0.463 e. The van der Waals surface area contributed by atoms with Gasteiger partial charge >= 0.3 is 0 Å². The van der Waals surface area contributed by atoms with Crippen LogP contribution in [0.25, 0.3) is 11.5 Å². The summed E-state index contributed by atoms with van der Waals surface area (Å²) in [4.78, 5) is 7.23. The molecular weight excluding hydrogens is 194 g/mol. The van der Waals surface area contributed by atoms with Gasteiger partial charge in [0.1, 0.15) is 17.6 Å². The average molecular weight is 207 g/mol. The number of nitrogens with zero attached hydrogens (tertiary/aromatic N) is 1. The van der Waals surface area contributed by atoms with Crippen molar-refractivity contribution in [3.05, 3.63) is 29.9 Å². The second-order valence-electron chi connectivity index (χ2n) is 3.32. The molecule has 0 spiro atoms. The third-order valence-corrected chi connectivity index (χ3v) is 2.20. The van der Waals surface area contributed by atoms with Gasteiger partial charge in [0.25, 0.3) is 0 Å². The van der Waals surface area contributed by atoms with Gasteiger partial charge in [-0.2, -0.15) is 0 Å². The second kappa shape index (κ2) is 3.88. The number of aromatic amines is 1. The van der Waals surface area contributed by atoms with Crippen LogP contribution in [0.2, 0.25) is 0 Å². The molecule has 0 aromatic carbocycles. The molecule has 0 fully saturated rings. The van der Waals surface area contributed by atoms with Gasteiger partial charge in [0, 0.05) is 12.2 Å². The Kier molecular flexibility index (Phi) is 2.57. The molecule has 15 heavy (non-hydrogen) atoms. The van der Waals surface area contributed by atoms with Crippen LogP contribution in [0.5, 0.6) is 0 Å². The fraction of sp³-hybridized carbons (Fsp3) is 0.300. The van der Waals surface area contributed by atoms with Crippen LogP contribution in [0.3, 0.4) is 0 Å². The van der Waals surface area contributed by atoms with E-state index >= 15 is 0 Å². The van der Waals surface area contributed by atoms with Crippen LogP contribution in [0.1, 0.15) is 17.6 Å². The van der Waals surface area contributed by atoms with E-state index in [1.165, 1.54) is 0 Å². The Balaban J connectivity index is 2.38. The zero-order valence-corrected chi connectivity index (χ0v) is 8.40. The molecule has 0 aliphatic rings. The van der Waals surface area contributed by atoms with Crippen molar-refractivity contribution in [2.24, 2.45) is 5.73 Å². The average Bonchev–Trinajstić information content (AvgIpc) is 2.84. The lowest BCUT2D eigenvalue weighted by Crippen LogP contribution is -2.12. The number of furan rings is 1. The maximum Gasteiger partial charge on any atom is 0.154 e. The number of aromatic nitrogens is 2. The van der Waals surface area contributed by atoms with Crippen molar-refractivity contribution in [2.45, 2.75) is 13.0 Å². The van der Waals surface area contributed by atoms with E-state index in [0.717, 1.165) is 5.69 Å². The van der Waals surface area contributed by atoms with E-state index < -0.39 is 6.10 Å². The molecule has 0 aliphatic carbocycles. The first-order chi connectivity index (χ1) is 7.22. The number of imidazole rings is 1. The number of hydrogen-bond donors (Lipinski definition) is 3. The van der Waals surface area contributed by atoms with Gasteiger partial charge in [-0.05, 0) is 19.1 Å². The third kappa shape index (κ3) is 1.79. The van der Waals surface area contributed by atoms with Gasteiger partial charge in [0.05, 0.1) is 6.26 Å². The number of rotatable bonds is 3. The summed E-state index contributed by atoms with van der Waals surface area (Å²) in [7, 11) is 0. The molecule has 5 heteroatoms. The number of nitrogens with two attached hydrogens (primary N) is 1. The Bertz CT molecular complexity index is 433. The lowest BCUT2D eigenvalue weighted by atomic mass is 10.3. The summed E-state index contributed by atoms with van der Waals surface area (Å²) in [5.41, 5.74) is 6.91. The van der Waals surface area contributed by atoms with Crippen molar-refractivity contribution < 1.29 is 9.52 Å². The molecule has 0 aliphatic heterocycles. The van der Waals surface area contributed by atoms with Gasteiger partial charge in [0.15, 0.2) is 5.76 Å². The van der Waals surface area contributed by atoms with Crippen LogP contribution in [-0.2, 0) is 0 Å². The lowest BCUT2D eigenvalue weighted by molar-refractivity contribution is 0.177. The van der Waals surface area contributed by atoms with E-state index in [-0.39, 0.29) is 6.54 Å². The summed E-state index contributed by atoms with van der Waals surface area (Å²) >= 11 is 0. The first-order valence-electron chi connectivity index (χ1n) is 4.71. The van der Waals surface area contributed by atoms with Crippen molar-refractivity contribution in [3.8, 4) is 11.5 Å². The van der Waals surface area contributed by atoms with Gasteiger partial charge in [-0.3, -0.25) is 0 Å². The lowest BCUT2D eigenvalue weighted by Gasteiger charge is -2.01. The predicted octanol–water partition coefficient (Wildman–Crippen LogP) is 0.970. The maximum atomic E-state index is 9.52. The largest absolute Gasteiger partial charge is 0.463 e. The number of aliphatic hydroxyl groups is 1. The minimum absolute atomic E-state index is 0.143. The standard InChI is InChI=1S/C10H13N3O2/c1-6-9(8-3-2-4-15-8)13-10(12-6)7(14)5-11/h2-4,7,14H,5,11H2,1H3,(H,12,13). The molecule has 0 radical (unpaired) electrons. The Morgan fingerprint density at radius 1 is 1.67 bits per heavy atom. The highest BCUT2D eigenvalue weighted by Gasteiger charge is 2.15. The van der Waals surface area contributed by atoms with E-state index in [2.05, 4.69) is 9.97 Å². The highest BCUT2D eigenvalue weighted by Crippen LogP contribution is 2.23. The first kappa shape index (κ1) is 9.95. The number of nitrogens with one attached hydrogen (secondary N) is 1. The molecule has 1 unspecified atom stereocenters. The van der Waals surface area contributed by atoms with Gasteiger partial charge in [-0.25, -0.2) is 4.98 Å². The second-order valence-corrected chi connectivity index (χ2v) is 3.32. The molecule has 1 atom stereocenters. The molecule has 0 saturated heterocycles. The van der Waals surface area contributed by atoms with E-state index in [4.69, 9.17) is 10.2 Å². The van der Waals surface area contributed by atoms with Crippen LogP contribution in [0.4, 0.5) is 0 Å². The SMILES string of the molecule is Cc1[nH]c(C(O)CN)nc1-c1ccco1. The summed E-state index contributed by atoms with van der Waals surface area (Å²) in [6.07, 6.45) is 0.829. The molecule has 2 rings (SSSR count). The number of hydrogen-bond acceptors (Lipinski definition) is 4. The topological polar surface area (TPSA) is 88.1 Å². The van der Waals surface area contributed by atoms with Crippen LogP contribution in [-0.4, -0.2) is 21.6 Å². The summed E-state index contributed by atoms with van der Waals surface area (Å²) in [6, 6.07) is 3.62. The van der Waals surface area contributed by atoms with Gasteiger partial charge in [-0.1, -0.05) is 0 Å². The zero-order valence-electron chi connectivity index (χ0n) is 8.40. The number of aryl methyl sites for hydroxylation is 1. The normalized spacial score (nSPS) is 13.0. The molecule has 0 saturated carbocycles. The Hall–Kier alpha value is -1.59. The molecule has 80 valence electrons. The molecule has 5 nitrogen and oxygen atoms in total. The summed E-state index contributed by atoms with van der Waals surface area (Å²) in [5.74, 6) is 1.15. The Labute approximate surface area is 86.9 Å². The molecule has 2 heterocycles. The molecule has 0 bridgehead atoms. The van der Waals surface area contributed by atoms with Gasteiger partial charge < -0.3 is 20.2 Å². The van der Waals surface area contributed by atoms with Crippen molar-refractivity contribution in [1.82, 2.24) is 9.97 Å². The number of H-pyrrole nitrogens is 1. The van der Waals surface area contributed by atoms with E-state index in [1.54, 1.807) is 12.3 Å². The minimum atomic E-state index is -0.757. The van der Waals surface area contributed by atoms with Crippen molar-refractivity contribution in [2.75, 3.05) is 6.54 Å². The summed E-state index contributed by atoms with van der Waals surface area (Å²) in [5, 5.41) is 9.52. The monoisotopic (exact) mass is 207 g/mol. The first-order valence-corrected chi connectivity index (χ1v) is 4.71. The molecule has 4 N–H and O–H groups in total. The van der Waals surface area contributed by atoms with E-state index in [1.807, 2.05) is 13.0 Å². The van der Waals surface area contributed by atoms with Crippen molar-refractivity contribution in [3.63, 3.8) is 0 Å². The predicted molar refractivity (Wildman–Crippen MR) is 55.0 cm³/mol. The van der Waals surface area contributed by atoms with Crippen LogP contribution in [0.15, 0.2) is 22.8 Å². The Morgan fingerprint density at radius 2 is 2.47 bits per heavy atom. The van der Waals surface area contributed by atoms with E-state index in [9.17, 15) is 5.11 Å². The van der Waals surface area contributed by atoms with Crippen LogP contribution < -0.4 is 5.73 Å². The molecule has 2 aromatic rings. The van der Waals surface area contributed by atoms with Gasteiger partial charge in [0.2, 0.25) is 0 Å². The third-order valence-electron chi connectivity index (χ3n) is 2.20. The fourth-order valence-electron chi connectivity index (χ4n) is 1.41. The maximum absolute atomic E-state index is 9.52. The zero-order chi connectivity index (χ0) is 10.8. The molecule has 0 amide bonds. The van der Waals surface area contributed by atoms with Crippen LogP contribution >= 0.6 is 0 Å².